The standard InChI is InChI=1S/C15H19N5/c1-10-3-2-4-11(9-10)18-14-12-5-7-17-8-6-13(12)19-15(16)20-14/h2-4,9,17H,5-8H2,1H3,(H3,16,18,19,20). The predicted molar refractivity (Wildman–Crippen MR) is 81.2 cm³/mol. The van der Waals surface area contributed by atoms with Crippen LogP contribution in [0.3, 0.4) is 0 Å². The maximum Gasteiger partial charge on any atom is 0.222 e. The van der Waals surface area contributed by atoms with E-state index in [0.717, 1.165) is 43.1 Å². The van der Waals surface area contributed by atoms with E-state index in [9.17, 15) is 0 Å². The van der Waals surface area contributed by atoms with E-state index in [2.05, 4.69) is 39.7 Å². The van der Waals surface area contributed by atoms with Crippen LogP contribution in [0.1, 0.15) is 16.8 Å². The Hall–Kier alpha value is -2.14. The van der Waals surface area contributed by atoms with Gasteiger partial charge in [0.2, 0.25) is 5.95 Å². The second-order valence-corrected chi connectivity index (χ2v) is 5.10. The van der Waals surface area contributed by atoms with Crippen molar-refractivity contribution in [2.75, 3.05) is 24.1 Å². The van der Waals surface area contributed by atoms with Gasteiger partial charge in [-0.05, 0) is 37.6 Å². The molecular weight excluding hydrogens is 250 g/mol. The van der Waals surface area contributed by atoms with Crippen LogP contribution in [-0.2, 0) is 12.8 Å². The van der Waals surface area contributed by atoms with Crippen molar-refractivity contribution >= 4 is 17.5 Å². The van der Waals surface area contributed by atoms with E-state index in [4.69, 9.17) is 5.73 Å². The number of hydrogen-bond acceptors (Lipinski definition) is 5. The van der Waals surface area contributed by atoms with E-state index < -0.39 is 0 Å². The molecule has 5 nitrogen and oxygen atoms in total. The molecule has 0 fully saturated rings. The van der Waals surface area contributed by atoms with Gasteiger partial charge in [0.15, 0.2) is 0 Å². The molecule has 1 aromatic heterocycles. The van der Waals surface area contributed by atoms with Gasteiger partial charge in [-0.2, -0.15) is 4.98 Å². The first-order valence-corrected chi connectivity index (χ1v) is 6.92. The van der Waals surface area contributed by atoms with Crippen LogP contribution in [0.25, 0.3) is 0 Å². The quantitative estimate of drug-likeness (QED) is 0.775. The third-order valence-corrected chi connectivity index (χ3v) is 3.48. The molecule has 2 aromatic rings. The van der Waals surface area contributed by atoms with Crippen molar-refractivity contribution in [3.05, 3.63) is 41.1 Å². The van der Waals surface area contributed by atoms with Crippen molar-refractivity contribution in [1.29, 1.82) is 0 Å². The molecule has 3 rings (SSSR count). The summed E-state index contributed by atoms with van der Waals surface area (Å²) in [6.45, 7) is 3.96. The minimum Gasteiger partial charge on any atom is -0.368 e. The number of aryl methyl sites for hydroxylation is 1. The summed E-state index contributed by atoms with van der Waals surface area (Å²) in [7, 11) is 0. The van der Waals surface area contributed by atoms with Crippen LogP contribution < -0.4 is 16.4 Å². The van der Waals surface area contributed by atoms with Gasteiger partial charge in [0.05, 0.1) is 5.69 Å². The molecule has 0 bridgehead atoms. The minimum atomic E-state index is 0.334. The Morgan fingerprint density at radius 2 is 2.05 bits per heavy atom. The summed E-state index contributed by atoms with van der Waals surface area (Å²) < 4.78 is 0. The Kier molecular flexibility index (Phi) is 3.52. The van der Waals surface area contributed by atoms with E-state index in [-0.39, 0.29) is 0 Å². The highest BCUT2D eigenvalue weighted by molar-refractivity contribution is 5.62. The zero-order valence-electron chi connectivity index (χ0n) is 11.6. The van der Waals surface area contributed by atoms with Crippen molar-refractivity contribution in [2.24, 2.45) is 0 Å². The van der Waals surface area contributed by atoms with Crippen LogP contribution in [0, 0.1) is 6.92 Å². The second kappa shape index (κ2) is 5.46. The van der Waals surface area contributed by atoms with E-state index in [1.807, 2.05) is 12.1 Å². The minimum absolute atomic E-state index is 0.334. The molecule has 0 atom stereocenters. The van der Waals surface area contributed by atoms with Gasteiger partial charge in [-0.3, -0.25) is 0 Å². The van der Waals surface area contributed by atoms with Gasteiger partial charge in [-0.1, -0.05) is 12.1 Å². The van der Waals surface area contributed by atoms with Gasteiger partial charge >= 0.3 is 0 Å². The number of nitrogens with two attached hydrogens (primary N) is 1. The molecule has 4 N–H and O–H groups in total. The largest absolute Gasteiger partial charge is 0.368 e. The Labute approximate surface area is 118 Å². The molecule has 1 aliphatic rings. The highest BCUT2D eigenvalue weighted by Crippen LogP contribution is 2.24. The van der Waals surface area contributed by atoms with Gasteiger partial charge in [-0.15, -0.1) is 0 Å². The van der Waals surface area contributed by atoms with E-state index in [1.165, 1.54) is 11.1 Å². The molecule has 2 heterocycles. The fraction of sp³-hybridized carbons (Fsp3) is 0.333. The molecule has 20 heavy (non-hydrogen) atoms. The lowest BCUT2D eigenvalue weighted by Gasteiger charge is -2.13. The van der Waals surface area contributed by atoms with E-state index in [1.54, 1.807) is 0 Å². The fourth-order valence-corrected chi connectivity index (χ4v) is 2.53. The zero-order valence-corrected chi connectivity index (χ0v) is 11.6. The van der Waals surface area contributed by atoms with Gasteiger partial charge in [0.25, 0.3) is 0 Å². The van der Waals surface area contributed by atoms with Gasteiger partial charge in [-0.25, -0.2) is 4.98 Å². The first-order valence-electron chi connectivity index (χ1n) is 6.92. The lowest BCUT2D eigenvalue weighted by molar-refractivity contribution is 0.708. The normalized spacial score (nSPS) is 14.4. The van der Waals surface area contributed by atoms with Gasteiger partial charge < -0.3 is 16.4 Å². The monoisotopic (exact) mass is 269 g/mol. The van der Waals surface area contributed by atoms with Crippen molar-refractivity contribution in [3.63, 3.8) is 0 Å². The van der Waals surface area contributed by atoms with Gasteiger partial charge in [0, 0.05) is 24.2 Å². The van der Waals surface area contributed by atoms with Crippen LogP contribution in [0.15, 0.2) is 24.3 Å². The first-order chi connectivity index (χ1) is 9.72. The molecular formula is C15H19N5. The smallest absolute Gasteiger partial charge is 0.222 e. The van der Waals surface area contributed by atoms with Crippen LogP contribution in [0.2, 0.25) is 0 Å². The van der Waals surface area contributed by atoms with Crippen molar-refractivity contribution in [3.8, 4) is 0 Å². The summed E-state index contributed by atoms with van der Waals surface area (Å²) >= 11 is 0. The second-order valence-electron chi connectivity index (χ2n) is 5.10. The maximum absolute atomic E-state index is 5.83. The Balaban J connectivity index is 1.98. The number of benzene rings is 1. The van der Waals surface area contributed by atoms with Crippen LogP contribution in [-0.4, -0.2) is 23.1 Å². The number of hydrogen-bond donors (Lipinski definition) is 3. The number of nitrogen functional groups attached to an aromatic ring is 1. The predicted octanol–water partition coefficient (Wildman–Crippen LogP) is 1.80. The van der Waals surface area contributed by atoms with Crippen molar-refractivity contribution in [1.82, 2.24) is 15.3 Å². The summed E-state index contributed by atoms with van der Waals surface area (Å²) in [5, 5.41) is 6.76. The third kappa shape index (κ3) is 2.72. The highest BCUT2D eigenvalue weighted by atomic mass is 15.1. The Bertz CT molecular complexity index is 624. The summed E-state index contributed by atoms with van der Waals surface area (Å²) in [6, 6.07) is 8.23. The number of anilines is 3. The first kappa shape index (κ1) is 12.9. The molecule has 1 aromatic carbocycles. The van der Waals surface area contributed by atoms with Crippen molar-refractivity contribution < 1.29 is 0 Å². The molecule has 0 spiro atoms. The SMILES string of the molecule is Cc1cccc(Nc2nc(N)nc3c2CCNCC3)c1. The van der Waals surface area contributed by atoms with Crippen LogP contribution in [0.4, 0.5) is 17.5 Å². The molecule has 104 valence electrons. The number of nitrogens with zero attached hydrogens (tertiary/aromatic N) is 2. The molecule has 0 aliphatic carbocycles. The lowest BCUT2D eigenvalue weighted by atomic mass is 10.1. The van der Waals surface area contributed by atoms with Gasteiger partial charge in [0.1, 0.15) is 5.82 Å². The fourth-order valence-electron chi connectivity index (χ4n) is 2.53. The van der Waals surface area contributed by atoms with E-state index >= 15 is 0 Å². The molecule has 0 radical (unpaired) electrons. The average molecular weight is 269 g/mol. The maximum atomic E-state index is 5.83. The Morgan fingerprint density at radius 3 is 2.90 bits per heavy atom. The summed E-state index contributed by atoms with van der Waals surface area (Å²) in [6.07, 6.45) is 1.81. The topological polar surface area (TPSA) is 75.9 Å². The molecule has 0 saturated heterocycles. The highest BCUT2D eigenvalue weighted by Gasteiger charge is 2.15. The number of aromatic nitrogens is 2. The zero-order chi connectivity index (χ0) is 13.9. The van der Waals surface area contributed by atoms with Crippen LogP contribution >= 0.6 is 0 Å². The Morgan fingerprint density at radius 1 is 1.20 bits per heavy atom. The summed E-state index contributed by atoms with van der Waals surface area (Å²) in [5.74, 6) is 1.17. The number of fused-ring (bicyclic) bond motifs is 1. The molecule has 0 saturated carbocycles. The average Bonchev–Trinajstić information content (AvgIpc) is 2.64. The summed E-state index contributed by atoms with van der Waals surface area (Å²) in [4.78, 5) is 8.76. The molecule has 1 aliphatic heterocycles. The summed E-state index contributed by atoms with van der Waals surface area (Å²) in [5.41, 5.74) is 10.3. The number of nitrogens with one attached hydrogen (secondary N) is 2. The number of rotatable bonds is 2. The molecule has 5 heteroatoms. The van der Waals surface area contributed by atoms with E-state index in [0.29, 0.717) is 5.95 Å². The molecule has 0 unspecified atom stereocenters. The molecule has 0 amide bonds. The lowest BCUT2D eigenvalue weighted by Crippen LogP contribution is -2.16. The third-order valence-electron chi connectivity index (χ3n) is 3.48. The van der Waals surface area contributed by atoms with Crippen molar-refractivity contribution in [2.45, 2.75) is 19.8 Å². The van der Waals surface area contributed by atoms with Crippen LogP contribution in [0.5, 0.6) is 0 Å².